The molecule has 2 heteroatoms. The van der Waals surface area contributed by atoms with E-state index >= 15 is 0 Å². The van der Waals surface area contributed by atoms with E-state index in [9.17, 15) is 0 Å². The Hall–Kier alpha value is -0.0800. The first-order valence-corrected chi connectivity index (χ1v) is 6.09. The Labute approximate surface area is 87.6 Å². The van der Waals surface area contributed by atoms with Crippen LogP contribution in [0.25, 0.3) is 0 Å². The molecule has 0 spiro atoms. The summed E-state index contributed by atoms with van der Waals surface area (Å²) in [4.78, 5) is 4.10. The highest BCUT2D eigenvalue weighted by atomic mass is 17.1. The average molecular weight is 200 g/mol. The van der Waals surface area contributed by atoms with Crippen LogP contribution in [0.1, 0.15) is 64.7 Å². The van der Waals surface area contributed by atoms with Crippen molar-refractivity contribution in [2.24, 2.45) is 5.41 Å². The van der Waals surface area contributed by atoms with Crippen molar-refractivity contribution in [1.82, 2.24) is 0 Å². The van der Waals surface area contributed by atoms with Crippen molar-refractivity contribution in [3.05, 3.63) is 0 Å². The fraction of sp³-hybridized carbons (Fsp3) is 1.00. The summed E-state index contributed by atoms with van der Waals surface area (Å²) in [6.45, 7) is 2.83. The summed E-state index contributed by atoms with van der Waals surface area (Å²) in [5.41, 5.74) is 0.633. The van der Waals surface area contributed by atoms with Gasteiger partial charge in [0, 0.05) is 0 Å². The molecule has 14 heavy (non-hydrogen) atoms. The van der Waals surface area contributed by atoms with Gasteiger partial charge in [0.15, 0.2) is 0 Å². The number of hydrogen-bond acceptors (Lipinski definition) is 2. The molecule has 1 saturated carbocycles. The Bertz CT molecular complexity index is 139. The molecule has 84 valence electrons. The lowest BCUT2D eigenvalue weighted by Gasteiger charge is -2.36. The average Bonchev–Trinajstić information content (AvgIpc) is 2.26. The number of rotatable bonds is 6. The van der Waals surface area contributed by atoms with Gasteiger partial charge in [-0.1, -0.05) is 39.0 Å². The van der Waals surface area contributed by atoms with Crippen LogP contribution in [0.2, 0.25) is 0 Å². The van der Waals surface area contributed by atoms with E-state index < -0.39 is 0 Å². The maximum absolute atomic E-state index is 8.22. The molecule has 0 amide bonds. The van der Waals surface area contributed by atoms with E-state index in [2.05, 4.69) is 11.8 Å². The van der Waals surface area contributed by atoms with Crippen molar-refractivity contribution in [3.63, 3.8) is 0 Å². The van der Waals surface area contributed by atoms with Gasteiger partial charge < -0.3 is 0 Å². The number of hydrogen-bond donors (Lipinski definition) is 1. The van der Waals surface area contributed by atoms with E-state index in [-0.39, 0.29) is 0 Å². The van der Waals surface area contributed by atoms with Crippen LogP contribution >= 0.6 is 0 Å². The number of unbranched alkanes of at least 4 members (excludes halogenated alkanes) is 1. The molecule has 0 heterocycles. The third-order valence-corrected chi connectivity index (χ3v) is 3.86. The lowest BCUT2D eigenvalue weighted by Crippen LogP contribution is -2.23. The quantitative estimate of drug-likeness (QED) is 0.399. The molecule has 0 atom stereocenters. The summed E-state index contributed by atoms with van der Waals surface area (Å²) in [6.07, 6.45) is 12.0. The Balaban J connectivity index is 2.22. The largest absolute Gasteiger partial charge is 0.252 e. The van der Waals surface area contributed by atoms with Gasteiger partial charge in [-0.2, -0.15) is 0 Å². The third kappa shape index (κ3) is 3.58. The predicted octanol–water partition coefficient (Wildman–Crippen LogP) is 4.01. The molecule has 0 unspecified atom stereocenters. The SMILES string of the molecule is CCC1(CCCCOO)CCCCC1. The van der Waals surface area contributed by atoms with Crippen LogP contribution in [0.3, 0.4) is 0 Å². The van der Waals surface area contributed by atoms with Crippen molar-refractivity contribution in [3.8, 4) is 0 Å². The van der Waals surface area contributed by atoms with Gasteiger partial charge in [-0.25, -0.2) is 4.89 Å². The second kappa shape index (κ2) is 6.41. The van der Waals surface area contributed by atoms with Gasteiger partial charge >= 0.3 is 0 Å². The first-order valence-electron chi connectivity index (χ1n) is 6.09. The molecule has 1 rings (SSSR count). The smallest absolute Gasteiger partial charge is 0.0819 e. The zero-order valence-electron chi connectivity index (χ0n) is 9.43. The van der Waals surface area contributed by atoms with Crippen molar-refractivity contribution >= 4 is 0 Å². The van der Waals surface area contributed by atoms with Crippen LogP contribution in [0.4, 0.5) is 0 Å². The molecule has 0 aromatic heterocycles. The van der Waals surface area contributed by atoms with Crippen LogP contribution in [-0.2, 0) is 4.89 Å². The molecule has 0 saturated heterocycles. The minimum atomic E-state index is 0.500. The maximum Gasteiger partial charge on any atom is 0.0819 e. The zero-order chi connectivity index (χ0) is 10.3. The van der Waals surface area contributed by atoms with Crippen LogP contribution < -0.4 is 0 Å². The van der Waals surface area contributed by atoms with Gasteiger partial charge in [-0.3, -0.25) is 5.26 Å². The van der Waals surface area contributed by atoms with Crippen LogP contribution in [0, 0.1) is 5.41 Å². The van der Waals surface area contributed by atoms with E-state index in [4.69, 9.17) is 5.26 Å². The topological polar surface area (TPSA) is 29.5 Å². The summed E-state index contributed by atoms with van der Waals surface area (Å²) in [6, 6.07) is 0. The first kappa shape index (κ1) is 12.0. The summed E-state index contributed by atoms with van der Waals surface area (Å²) >= 11 is 0. The van der Waals surface area contributed by atoms with Crippen molar-refractivity contribution < 1.29 is 10.1 Å². The third-order valence-electron chi connectivity index (χ3n) is 3.86. The molecule has 1 fully saturated rings. The van der Waals surface area contributed by atoms with Crippen LogP contribution in [0.15, 0.2) is 0 Å². The molecule has 1 N–H and O–H groups in total. The lowest BCUT2D eigenvalue weighted by molar-refractivity contribution is -0.243. The van der Waals surface area contributed by atoms with Gasteiger partial charge in [0.2, 0.25) is 0 Å². The lowest BCUT2D eigenvalue weighted by atomic mass is 9.69. The molecule has 0 radical (unpaired) electrons. The Kier molecular flexibility index (Phi) is 5.49. The highest BCUT2D eigenvalue weighted by molar-refractivity contribution is 4.81. The summed E-state index contributed by atoms with van der Waals surface area (Å²) in [5, 5.41) is 8.22. The maximum atomic E-state index is 8.22. The fourth-order valence-electron chi connectivity index (χ4n) is 2.75. The second-order valence-corrected chi connectivity index (χ2v) is 4.70. The van der Waals surface area contributed by atoms with E-state index in [1.165, 1.54) is 51.4 Å². The van der Waals surface area contributed by atoms with Crippen LogP contribution in [-0.4, -0.2) is 11.9 Å². The summed E-state index contributed by atoms with van der Waals surface area (Å²) in [7, 11) is 0. The van der Waals surface area contributed by atoms with Crippen molar-refractivity contribution in [1.29, 1.82) is 0 Å². The molecular weight excluding hydrogens is 176 g/mol. The minimum absolute atomic E-state index is 0.500. The monoisotopic (exact) mass is 200 g/mol. The van der Waals surface area contributed by atoms with Crippen molar-refractivity contribution in [2.75, 3.05) is 6.61 Å². The predicted molar refractivity (Wildman–Crippen MR) is 58.2 cm³/mol. The summed E-state index contributed by atoms with van der Waals surface area (Å²) in [5.74, 6) is 0. The zero-order valence-corrected chi connectivity index (χ0v) is 9.43. The molecule has 0 aromatic rings. The van der Waals surface area contributed by atoms with Gasteiger partial charge in [0.05, 0.1) is 6.61 Å². The van der Waals surface area contributed by atoms with E-state index in [1.54, 1.807) is 0 Å². The highest BCUT2D eigenvalue weighted by Crippen LogP contribution is 2.43. The standard InChI is InChI=1S/C12H24O2/c1-2-12(8-4-3-5-9-12)10-6-7-11-14-13/h13H,2-11H2,1H3. The molecule has 2 nitrogen and oxygen atoms in total. The van der Waals surface area contributed by atoms with Gasteiger partial charge in [0.1, 0.15) is 0 Å². The van der Waals surface area contributed by atoms with Gasteiger partial charge in [0.25, 0.3) is 0 Å². The normalized spacial score (nSPS) is 21.0. The molecule has 0 aliphatic heterocycles. The van der Waals surface area contributed by atoms with E-state index in [0.29, 0.717) is 12.0 Å². The first-order chi connectivity index (χ1) is 6.83. The molecule has 1 aliphatic rings. The molecule has 0 aromatic carbocycles. The van der Waals surface area contributed by atoms with Crippen LogP contribution in [0.5, 0.6) is 0 Å². The van der Waals surface area contributed by atoms with Crippen molar-refractivity contribution in [2.45, 2.75) is 64.7 Å². The molecular formula is C12H24O2. The van der Waals surface area contributed by atoms with E-state index in [1.807, 2.05) is 0 Å². The Morgan fingerprint density at radius 2 is 1.86 bits per heavy atom. The highest BCUT2D eigenvalue weighted by Gasteiger charge is 2.29. The molecule has 1 aliphatic carbocycles. The minimum Gasteiger partial charge on any atom is -0.252 e. The fourth-order valence-corrected chi connectivity index (χ4v) is 2.75. The molecule has 0 bridgehead atoms. The van der Waals surface area contributed by atoms with Gasteiger partial charge in [-0.05, 0) is 31.1 Å². The van der Waals surface area contributed by atoms with Gasteiger partial charge in [-0.15, -0.1) is 0 Å². The second-order valence-electron chi connectivity index (χ2n) is 4.70. The Morgan fingerprint density at radius 1 is 1.14 bits per heavy atom. The van der Waals surface area contributed by atoms with E-state index in [0.717, 1.165) is 6.42 Å². The summed E-state index contributed by atoms with van der Waals surface area (Å²) < 4.78 is 0. The Morgan fingerprint density at radius 3 is 2.43 bits per heavy atom.